The molecule has 0 aliphatic carbocycles. The lowest BCUT2D eigenvalue weighted by atomic mass is 11.2. The molecule has 0 saturated heterocycles. The van der Waals surface area contributed by atoms with Gasteiger partial charge in [-0.15, -0.1) is 0 Å². The number of nitrogens with zero attached hydrogens (tertiary/aromatic N) is 3. The number of nitro groups is 1. The van der Waals surface area contributed by atoms with Crippen LogP contribution in [0.5, 0.6) is 0 Å². The second kappa shape index (κ2) is 3.23. The van der Waals surface area contributed by atoms with Crippen molar-refractivity contribution in [3.8, 4) is 0 Å². The quantitative estimate of drug-likeness (QED) is 0.185. The van der Waals surface area contributed by atoms with E-state index in [-0.39, 0.29) is 0 Å². The summed E-state index contributed by atoms with van der Waals surface area (Å²) in [6, 6.07) is 0. The van der Waals surface area contributed by atoms with Crippen molar-refractivity contribution in [2.45, 2.75) is 0 Å². The first-order chi connectivity index (χ1) is 4.81. The molecule has 0 amide bonds. The minimum atomic E-state index is -3.84. The van der Waals surface area contributed by atoms with Gasteiger partial charge in [0.15, 0.2) is 0 Å². The first-order valence-corrected chi connectivity index (χ1v) is 4.15. The molecule has 0 aliphatic heterocycles. The molecule has 0 spiro atoms. The standard InChI is InChI=1S/C2H5N3O5S/c1-11(9,10)3-4(6)2-5(7)8/h2H2,1H3. The lowest BCUT2D eigenvalue weighted by molar-refractivity contribution is -0.708. The van der Waals surface area contributed by atoms with Crippen molar-refractivity contribution < 1.29 is 18.2 Å². The average molecular weight is 183 g/mol. The molecule has 9 heteroatoms. The van der Waals surface area contributed by atoms with Gasteiger partial charge in [-0.2, -0.15) is 8.42 Å². The van der Waals surface area contributed by atoms with Crippen LogP contribution in [0.1, 0.15) is 0 Å². The van der Waals surface area contributed by atoms with Gasteiger partial charge in [0.05, 0.1) is 11.2 Å². The maximum atomic E-state index is 10.2. The molecule has 0 saturated carbocycles. The summed E-state index contributed by atoms with van der Waals surface area (Å²) in [6.07, 6.45) is 0.665. The second-order valence-corrected chi connectivity index (χ2v) is 3.27. The van der Waals surface area contributed by atoms with Gasteiger partial charge in [-0.25, -0.2) is 0 Å². The van der Waals surface area contributed by atoms with Crippen LogP contribution in [0.25, 0.3) is 0 Å². The van der Waals surface area contributed by atoms with Crippen molar-refractivity contribution in [3.05, 3.63) is 15.3 Å². The minimum absolute atomic E-state index is 0.505. The molecule has 0 N–H and O–H groups in total. The lowest BCUT2D eigenvalue weighted by Gasteiger charge is -1.91. The van der Waals surface area contributed by atoms with Gasteiger partial charge in [-0.3, -0.25) is 10.1 Å². The van der Waals surface area contributed by atoms with E-state index in [1.807, 2.05) is 0 Å². The van der Waals surface area contributed by atoms with Crippen LogP contribution < -0.4 is 0 Å². The highest BCUT2D eigenvalue weighted by Gasteiger charge is 2.09. The van der Waals surface area contributed by atoms with E-state index < -0.39 is 26.5 Å². The topological polar surface area (TPSA) is 116 Å². The van der Waals surface area contributed by atoms with E-state index in [4.69, 9.17) is 0 Å². The molecular formula is C2H5N3O5S. The van der Waals surface area contributed by atoms with Gasteiger partial charge in [-0.1, -0.05) is 0 Å². The summed E-state index contributed by atoms with van der Waals surface area (Å²) in [7, 11) is -3.84. The molecule has 8 nitrogen and oxygen atoms in total. The van der Waals surface area contributed by atoms with E-state index in [0.29, 0.717) is 6.26 Å². The van der Waals surface area contributed by atoms with Gasteiger partial charge < -0.3 is 5.21 Å². The Balaban J connectivity index is 4.37. The molecular weight excluding hydrogens is 178 g/mol. The number of sulfonamides is 1. The first kappa shape index (κ1) is 9.75. The third-order valence-corrected chi connectivity index (χ3v) is 0.955. The fraction of sp³-hybridized carbons (Fsp3) is 1.00. The third kappa shape index (κ3) is 6.64. The summed E-state index contributed by atoms with van der Waals surface area (Å²) >= 11 is 0. The molecule has 11 heavy (non-hydrogen) atoms. The molecule has 0 unspecified atom stereocenters. The van der Waals surface area contributed by atoms with E-state index in [1.54, 1.807) is 0 Å². The van der Waals surface area contributed by atoms with Crippen molar-refractivity contribution in [1.82, 2.24) is 0 Å². The number of hydrogen-bond donors (Lipinski definition) is 0. The van der Waals surface area contributed by atoms with Crippen molar-refractivity contribution in [2.24, 2.45) is 4.52 Å². The zero-order valence-electron chi connectivity index (χ0n) is 5.50. The van der Waals surface area contributed by atoms with E-state index in [1.165, 1.54) is 0 Å². The van der Waals surface area contributed by atoms with Crippen molar-refractivity contribution >= 4 is 10.0 Å². The Hall–Kier alpha value is -1.25. The van der Waals surface area contributed by atoms with Crippen LogP contribution in [0.15, 0.2) is 4.52 Å². The van der Waals surface area contributed by atoms with Gasteiger partial charge >= 0.3 is 16.7 Å². The maximum Gasteiger partial charge on any atom is 0.423 e. The van der Waals surface area contributed by atoms with Gasteiger partial charge in [-0.05, 0) is 4.86 Å². The summed E-state index contributed by atoms with van der Waals surface area (Å²) in [5, 5.41) is 19.8. The van der Waals surface area contributed by atoms with E-state index in [9.17, 15) is 23.7 Å². The molecule has 0 heterocycles. The molecule has 0 bridgehead atoms. The predicted molar refractivity (Wildman–Crippen MR) is 32.8 cm³/mol. The molecule has 0 rings (SSSR count). The Kier molecular flexibility index (Phi) is 2.87. The average Bonchev–Trinajstić information content (AvgIpc) is 1.53. The van der Waals surface area contributed by atoms with E-state index in [2.05, 4.69) is 4.52 Å². The second-order valence-electron chi connectivity index (χ2n) is 1.64. The van der Waals surface area contributed by atoms with Gasteiger partial charge in [0.2, 0.25) is 0 Å². The summed E-state index contributed by atoms with van der Waals surface area (Å²) < 4.78 is 22.8. The van der Waals surface area contributed by atoms with Crippen molar-refractivity contribution in [1.29, 1.82) is 0 Å². The Morgan fingerprint density at radius 1 is 1.45 bits per heavy atom. The Labute approximate surface area is 61.9 Å². The summed E-state index contributed by atoms with van der Waals surface area (Å²) in [6.45, 7) is -1.17. The molecule has 0 atom stereocenters. The Bertz CT molecular complexity index is 278. The molecule has 0 aromatic carbocycles. The number of hydroxylamine groups is 1. The molecule has 0 aliphatic rings. The van der Waals surface area contributed by atoms with E-state index in [0.717, 1.165) is 0 Å². The smallest absolute Gasteiger partial charge is 0.423 e. The maximum absolute atomic E-state index is 10.2. The zero-order valence-corrected chi connectivity index (χ0v) is 6.31. The van der Waals surface area contributed by atoms with Crippen LogP contribution >= 0.6 is 0 Å². The fourth-order valence-corrected chi connectivity index (χ4v) is 0.673. The van der Waals surface area contributed by atoms with Gasteiger partial charge in [0.1, 0.15) is 4.52 Å². The fourth-order valence-electron chi connectivity index (χ4n) is 0.290. The minimum Gasteiger partial charge on any atom is -0.594 e. The molecule has 64 valence electrons. The highest BCUT2D eigenvalue weighted by Crippen LogP contribution is 1.86. The largest absolute Gasteiger partial charge is 0.594 e. The van der Waals surface area contributed by atoms with Gasteiger partial charge in [0, 0.05) is 0 Å². The van der Waals surface area contributed by atoms with Crippen molar-refractivity contribution in [3.63, 3.8) is 0 Å². The first-order valence-electron chi connectivity index (χ1n) is 2.30. The molecule has 0 aromatic rings. The zero-order chi connectivity index (χ0) is 9.07. The Morgan fingerprint density at radius 3 is 2.18 bits per heavy atom. The van der Waals surface area contributed by atoms with Crippen LogP contribution in [0, 0.1) is 15.3 Å². The summed E-state index contributed by atoms with van der Waals surface area (Å²) in [5.74, 6) is 0. The molecule has 0 fully saturated rings. The highest BCUT2D eigenvalue weighted by molar-refractivity contribution is 7.89. The number of hydrogen-bond acceptors (Lipinski definition) is 5. The third-order valence-electron chi connectivity index (χ3n) is 0.476. The number of rotatable bonds is 3. The Morgan fingerprint density at radius 2 is 1.91 bits per heavy atom. The van der Waals surface area contributed by atoms with Crippen LogP contribution in [0.2, 0.25) is 0 Å². The molecule has 0 aromatic heterocycles. The summed E-state index contributed by atoms with van der Waals surface area (Å²) in [4.78, 5) is 8.12. The normalized spacial score (nSPS) is 13.0. The van der Waals surface area contributed by atoms with Crippen molar-refractivity contribution in [2.75, 3.05) is 12.9 Å². The SMILES string of the molecule is CS(=O)(=O)N=[N+]([O-])C[N+](=O)[O-]. The highest BCUT2D eigenvalue weighted by atomic mass is 32.2. The lowest BCUT2D eigenvalue weighted by Crippen LogP contribution is -2.13. The monoisotopic (exact) mass is 183 g/mol. The predicted octanol–water partition coefficient (Wildman–Crippen LogP) is -0.857. The van der Waals surface area contributed by atoms with Crippen LogP contribution in [0.4, 0.5) is 0 Å². The van der Waals surface area contributed by atoms with E-state index >= 15 is 0 Å². The van der Waals surface area contributed by atoms with Gasteiger partial charge in [0.25, 0.3) is 0 Å². The van der Waals surface area contributed by atoms with Crippen LogP contribution in [-0.2, 0) is 10.0 Å². The molecule has 0 radical (unpaired) electrons. The van der Waals surface area contributed by atoms with Crippen LogP contribution in [-0.4, -0.2) is 31.1 Å². The summed E-state index contributed by atoms with van der Waals surface area (Å²) in [5.41, 5.74) is 0. The van der Waals surface area contributed by atoms with Crippen LogP contribution in [0.3, 0.4) is 0 Å².